The molecule has 0 spiro atoms. The molecule has 3 N–H and O–H groups in total. The van der Waals surface area contributed by atoms with E-state index in [0.29, 0.717) is 0 Å². The summed E-state index contributed by atoms with van der Waals surface area (Å²) in [5.41, 5.74) is 2.24. The van der Waals surface area contributed by atoms with Crippen LogP contribution in [0.1, 0.15) is 44.9 Å². The van der Waals surface area contributed by atoms with Gasteiger partial charge in [-0.1, -0.05) is 31.5 Å². The molecule has 0 saturated carbocycles. The lowest BCUT2D eigenvalue weighted by atomic mass is 10.2. The molecule has 106 valence electrons. The standard InChI is InChI=1S/C12H21N5OS/c1-2-6-9(11(18)14-13)19-12-16-15-10-7-4-3-5-8-17(10)12/h9H,2-8,13H2,1H3,(H,14,18). The average molecular weight is 283 g/mol. The Labute approximate surface area is 117 Å². The Morgan fingerprint density at radius 3 is 3.05 bits per heavy atom. The quantitative estimate of drug-likeness (QED) is 0.368. The number of carbonyl (C=O) groups is 1. The monoisotopic (exact) mass is 283 g/mol. The number of carbonyl (C=O) groups excluding carboxylic acids is 1. The molecular weight excluding hydrogens is 262 g/mol. The highest BCUT2D eigenvalue weighted by molar-refractivity contribution is 8.00. The van der Waals surface area contributed by atoms with Crippen molar-refractivity contribution in [3.05, 3.63) is 5.82 Å². The van der Waals surface area contributed by atoms with Crippen molar-refractivity contribution in [2.45, 2.75) is 62.4 Å². The van der Waals surface area contributed by atoms with E-state index in [-0.39, 0.29) is 11.2 Å². The summed E-state index contributed by atoms with van der Waals surface area (Å²) in [5.74, 6) is 6.14. The minimum atomic E-state index is -0.188. The fourth-order valence-corrected chi connectivity index (χ4v) is 3.47. The molecule has 1 unspecified atom stereocenters. The van der Waals surface area contributed by atoms with E-state index in [0.717, 1.165) is 43.2 Å². The SMILES string of the molecule is CCCC(Sc1nnc2n1CCCCC2)C(=O)NN. The fraction of sp³-hybridized carbons (Fsp3) is 0.750. The van der Waals surface area contributed by atoms with Crippen molar-refractivity contribution in [1.82, 2.24) is 20.2 Å². The number of nitrogens with two attached hydrogens (primary N) is 1. The molecule has 2 rings (SSSR count). The zero-order chi connectivity index (χ0) is 13.7. The molecule has 7 heteroatoms. The van der Waals surface area contributed by atoms with E-state index in [1.54, 1.807) is 0 Å². The molecule has 1 amide bonds. The molecule has 1 aliphatic rings. The van der Waals surface area contributed by atoms with Gasteiger partial charge in [-0.3, -0.25) is 10.2 Å². The Morgan fingerprint density at radius 2 is 2.32 bits per heavy atom. The van der Waals surface area contributed by atoms with Gasteiger partial charge in [0.25, 0.3) is 0 Å². The van der Waals surface area contributed by atoms with Crippen molar-refractivity contribution in [2.75, 3.05) is 0 Å². The van der Waals surface area contributed by atoms with Crippen molar-refractivity contribution < 1.29 is 4.79 Å². The van der Waals surface area contributed by atoms with Crippen LogP contribution in [0.4, 0.5) is 0 Å². The first-order chi connectivity index (χ1) is 9.26. The van der Waals surface area contributed by atoms with Crippen LogP contribution in [-0.4, -0.2) is 25.9 Å². The molecule has 0 bridgehead atoms. The van der Waals surface area contributed by atoms with E-state index in [1.165, 1.54) is 24.6 Å². The molecule has 1 aromatic heterocycles. The van der Waals surface area contributed by atoms with Gasteiger partial charge in [-0.15, -0.1) is 10.2 Å². The first kappa shape index (κ1) is 14.3. The summed E-state index contributed by atoms with van der Waals surface area (Å²) < 4.78 is 2.16. The van der Waals surface area contributed by atoms with Gasteiger partial charge in [0, 0.05) is 13.0 Å². The van der Waals surface area contributed by atoms with Gasteiger partial charge in [0.15, 0.2) is 5.16 Å². The Hall–Kier alpha value is -1.08. The van der Waals surface area contributed by atoms with E-state index in [2.05, 4.69) is 27.1 Å². The smallest absolute Gasteiger partial charge is 0.247 e. The second-order valence-corrected chi connectivity index (χ2v) is 5.93. The fourth-order valence-electron chi connectivity index (χ4n) is 2.27. The third-order valence-corrected chi connectivity index (χ3v) is 4.56. The molecule has 0 fully saturated rings. The third kappa shape index (κ3) is 3.48. The molecule has 0 radical (unpaired) electrons. The Morgan fingerprint density at radius 1 is 1.47 bits per heavy atom. The van der Waals surface area contributed by atoms with Crippen LogP contribution in [0.25, 0.3) is 0 Å². The number of rotatable bonds is 5. The van der Waals surface area contributed by atoms with Gasteiger partial charge in [-0.05, 0) is 19.3 Å². The predicted molar refractivity (Wildman–Crippen MR) is 74.5 cm³/mol. The van der Waals surface area contributed by atoms with Gasteiger partial charge >= 0.3 is 0 Å². The third-order valence-electron chi connectivity index (χ3n) is 3.31. The highest BCUT2D eigenvalue weighted by Crippen LogP contribution is 2.27. The summed E-state index contributed by atoms with van der Waals surface area (Å²) in [5, 5.41) is 9.14. The highest BCUT2D eigenvalue weighted by Gasteiger charge is 2.23. The first-order valence-electron chi connectivity index (χ1n) is 6.85. The van der Waals surface area contributed by atoms with Gasteiger partial charge in [-0.2, -0.15) is 0 Å². The van der Waals surface area contributed by atoms with Crippen molar-refractivity contribution in [1.29, 1.82) is 0 Å². The Kier molecular flexibility index (Phi) is 5.21. The van der Waals surface area contributed by atoms with E-state index >= 15 is 0 Å². The van der Waals surface area contributed by atoms with Crippen molar-refractivity contribution >= 4 is 17.7 Å². The summed E-state index contributed by atoms with van der Waals surface area (Å²) in [6, 6.07) is 0. The maximum absolute atomic E-state index is 11.7. The number of nitrogens with one attached hydrogen (secondary N) is 1. The van der Waals surface area contributed by atoms with Crippen LogP contribution in [0.5, 0.6) is 0 Å². The van der Waals surface area contributed by atoms with Crippen molar-refractivity contribution in [2.24, 2.45) is 5.84 Å². The molecule has 0 saturated heterocycles. The summed E-state index contributed by atoms with van der Waals surface area (Å²) in [7, 11) is 0. The molecule has 1 atom stereocenters. The lowest BCUT2D eigenvalue weighted by Gasteiger charge is -2.14. The Balaban J connectivity index is 2.12. The molecule has 19 heavy (non-hydrogen) atoms. The van der Waals surface area contributed by atoms with Crippen LogP contribution >= 0.6 is 11.8 Å². The zero-order valence-corrected chi connectivity index (χ0v) is 12.1. The molecule has 1 aromatic rings. The number of hydrogen-bond donors (Lipinski definition) is 2. The van der Waals surface area contributed by atoms with Gasteiger partial charge in [-0.25, -0.2) is 5.84 Å². The lowest BCUT2D eigenvalue weighted by molar-refractivity contribution is -0.120. The summed E-state index contributed by atoms with van der Waals surface area (Å²) in [6.07, 6.45) is 6.26. The number of aryl methyl sites for hydroxylation is 1. The Bertz CT molecular complexity index is 434. The number of amides is 1. The minimum absolute atomic E-state index is 0.141. The molecule has 1 aliphatic heterocycles. The summed E-state index contributed by atoms with van der Waals surface area (Å²) in [6.45, 7) is 3.01. The predicted octanol–water partition coefficient (Wildman–Crippen LogP) is 1.26. The van der Waals surface area contributed by atoms with Crippen LogP contribution in [0, 0.1) is 0 Å². The number of fused-ring (bicyclic) bond motifs is 1. The van der Waals surface area contributed by atoms with E-state index in [9.17, 15) is 4.79 Å². The van der Waals surface area contributed by atoms with Crippen LogP contribution in [0.15, 0.2) is 5.16 Å². The summed E-state index contributed by atoms with van der Waals surface area (Å²) >= 11 is 1.47. The van der Waals surface area contributed by atoms with Crippen molar-refractivity contribution in [3.63, 3.8) is 0 Å². The number of hydrazine groups is 1. The molecule has 0 aromatic carbocycles. The van der Waals surface area contributed by atoms with Crippen LogP contribution in [0.3, 0.4) is 0 Å². The first-order valence-corrected chi connectivity index (χ1v) is 7.73. The van der Waals surface area contributed by atoms with Crippen LogP contribution in [0.2, 0.25) is 0 Å². The van der Waals surface area contributed by atoms with Crippen LogP contribution in [-0.2, 0) is 17.8 Å². The number of hydrogen-bond acceptors (Lipinski definition) is 5. The maximum atomic E-state index is 11.7. The van der Waals surface area contributed by atoms with Gasteiger partial charge in [0.05, 0.1) is 5.25 Å². The molecule has 0 aliphatic carbocycles. The zero-order valence-electron chi connectivity index (χ0n) is 11.3. The van der Waals surface area contributed by atoms with E-state index < -0.39 is 0 Å². The number of thioether (sulfide) groups is 1. The minimum Gasteiger partial charge on any atom is -0.306 e. The second-order valence-electron chi connectivity index (χ2n) is 4.76. The lowest BCUT2D eigenvalue weighted by Crippen LogP contribution is -2.37. The molecule has 2 heterocycles. The normalized spacial score (nSPS) is 16.5. The second kappa shape index (κ2) is 6.91. The van der Waals surface area contributed by atoms with E-state index in [4.69, 9.17) is 5.84 Å². The van der Waals surface area contributed by atoms with Crippen molar-refractivity contribution in [3.8, 4) is 0 Å². The average Bonchev–Trinajstić information content (AvgIpc) is 2.65. The van der Waals surface area contributed by atoms with Gasteiger partial charge in [0.2, 0.25) is 5.91 Å². The van der Waals surface area contributed by atoms with Crippen LogP contribution < -0.4 is 11.3 Å². The number of nitrogens with zero attached hydrogens (tertiary/aromatic N) is 3. The van der Waals surface area contributed by atoms with E-state index in [1.807, 2.05) is 0 Å². The number of aromatic nitrogens is 3. The largest absolute Gasteiger partial charge is 0.306 e. The summed E-state index contributed by atoms with van der Waals surface area (Å²) in [4.78, 5) is 11.7. The van der Waals surface area contributed by atoms with Gasteiger partial charge in [0.1, 0.15) is 5.82 Å². The topological polar surface area (TPSA) is 85.8 Å². The molecule has 6 nitrogen and oxygen atoms in total. The van der Waals surface area contributed by atoms with Gasteiger partial charge < -0.3 is 4.57 Å². The highest BCUT2D eigenvalue weighted by atomic mass is 32.2. The maximum Gasteiger partial charge on any atom is 0.247 e. The molecular formula is C12H21N5OS.